The van der Waals surface area contributed by atoms with E-state index in [1.807, 2.05) is 42.5 Å². The molecule has 6 heteroatoms. The molecule has 5 nitrogen and oxygen atoms in total. The van der Waals surface area contributed by atoms with Crippen LogP contribution in [0.1, 0.15) is 58.2 Å². The summed E-state index contributed by atoms with van der Waals surface area (Å²) in [5.74, 6) is 4.82. The second-order valence-corrected chi connectivity index (χ2v) is 15.0. The van der Waals surface area contributed by atoms with Crippen molar-refractivity contribution >= 4 is 14.2 Å². The van der Waals surface area contributed by atoms with E-state index in [1.54, 1.807) is 0 Å². The van der Waals surface area contributed by atoms with Crippen molar-refractivity contribution in [2.45, 2.75) is 71.3 Å². The number of benzene rings is 2. The molecule has 1 aliphatic heterocycles. The number of carbonyl (C=O) groups is 1. The molecule has 0 bridgehead atoms. The van der Waals surface area contributed by atoms with Crippen LogP contribution in [0.4, 0.5) is 4.79 Å². The van der Waals surface area contributed by atoms with Crippen LogP contribution >= 0.6 is 0 Å². The standard InChI is InChI=1S/C27H35NO4Si/c1-19(2)33(20(3)4,21(5)6)15-14-23-12-13-25-26(32-18-31-25)24(23)16-28-27(29)30-17-22-10-8-7-9-11-22/h7-13,19-21H,16-18H2,1-6H3,(H,28,29). The van der Waals surface area contributed by atoms with Gasteiger partial charge in [-0.3, -0.25) is 0 Å². The highest BCUT2D eigenvalue weighted by molar-refractivity contribution is 6.90. The first-order valence-electron chi connectivity index (χ1n) is 11.6. The molecule has 176 valence electrons. The number of hydrogen-bond donors (Lipinski definition) is 1. The minimum Gasteiger partial charge on any atom is -0.454 e. The lowest BCUT2D eigenvalue weighted by Gasteiger charge is -2.38. The fourth-order valence-corrected chi connectivity index (χ4v) is 10.1. The third-order valence-electron chi connectivity index (χ3n) is 6.54. The van der Waals surface area contributed by atoms with E-state index in [9.17, 15) is 4.79 Å². The molecule has 2 aromatic carbocycles. The monoisotopic (exact) mass is 465 g/mol. The molecule has 0 saturated carbocycles. The summed E-state index contributed by atoms with van der Waals surface area (Å²) in [5, 5.41) is 2.85. The second kappa shape index (κ2) is 10.8. The lowest BCUT2D eigenvalue weighted by molar-refractivity contribution is 0.139. The first-order valence-corrected chi connectivity index (χ1v) is 13.9. The highest BCUT2D eigenvalue weighted by Gasteiger charge is 2.41. The quantitative estimate of drug-likeness (QED) is 0.379. The van der Waals surface area contributed by atoms with Crippen LogP contribution in [0.5, 0.6) is 11.5 Å². The molecular weight excluding hydrogens is 430 g/mol. The first-order chi connectivity index (χ1) is 15.8. The summed E-state index contributed by atoms with van der Waals surface area (Å²) in [7, 11) is -1.90. The maximum atomic E-state index is 12.4. The minimum atomic E-state index is -1.90. The molecule has 1 N–H and O–H groups in total. The average Bonchev–Trinajstić information content (AvgIpc) is 3.26. The van der Waals surface area contributed by atoms with E-state index in [0.717, 1.165) is 16.7 Å². The van der Waals surface area contributed by atoms with Gasteiger partial charge in [-0.25, -0.2) is 4.79 Å². The van der Waals surface area contributed by atoms with Crippen molar-refractivity contribution < 1.29 is 19.0 Å². The molecule has 33 heavy (non-hydrogen) atoms. The van der Waals surface area contributed by atoms with Crippen molar-refractivity contribution in [3.63, 3.8) is 0 Å². The van der Waals surface area contributed by atoms with E-state index in [4.69, 9.17) is 14.2 Å². The largest absolute Gasteiger partial charge is 0.454 e. The van der Waals surface area contributed by atoms with Gasteiger partial charge in [0.2, 0.25) is 6.79 Å². The van der Waals surface area contributed by atoms with Crippen molar-refractivity contribution in [3.8, 4) is 23.0 Å². The molecular formula is C27H35NO4Si. The third kappa shape index (κ3) is 5.54. The zero-order valence-corrected chi connectivity index (χ0v) is 21.5. The molecule has 0 aliphatic carbocycles. The zero-order chi connectivity index (χ0) is 24.0. The van der Waals surface area contributed by atoms with Gasteiger partial charge in [-0.2, -0.15) is 0 Å². The number of nitrogens with one attached hydrogen (secondary N) is 1. The van der Waals surface area contributed by atoms with Crippen molar-refractivity contribution in [1.82, 2.24) is 5.32 Å². The number of rotatable bonds is 7. The van der Waals surface area contributed by atoms with Crippen molar-refractivity contribution in [3.05, 3.63) is 59.2 Å². The molecule has 0 fully saturated rings. The van der Waals surface area contributed by atoms with Crippen molar-refractivity contribution in [2.24, 2.45) is 0 Å². The molecule has 3 rings (SSSR count). The number of carbonyl (C=O) groups excluding carboxylic acids is 1. The van der Waals surface area contributed by atoms with Crippen LogP contribution in [0.15, 0.2) is 42.5 Å². The van der Waals surface area contributed by atoms with Gasteiger partial charge in [0, 0.05) is 11.1 Å². The smallest absolute Gasteiger partial charge is 0.407 e. The number of amides is 1. The normalized spacial score (nSPS) is 12.6. The summed E-state index contributed by atoms with van der Waals surface area (Å²) in [4.78, 5) is 12.4. The summed E-state index contributed by atoms with van der Waals surface area (Å²) in [5.41, 5.74) is 8.00. The van der Waals surface area contributed by atoms with E-state index >= 15 is 0 Å². The maximum Gasteiger partial charge on any atom is 0.407 e. The number of hydrogen-bond acceptors (Lipinski definition) is 4. The Morgan fingerprint density at radius 1 is 1.00 bits per heavy atom. The van der Waals surface area contributed by atoms with E-state index in [2.05, 4.69) is 58.3 Å². The SMILES string of the molecule is CC(C)[Si](C#Cc1ccc2c(c1CNC(=O)OCc1ccccc1)OCO2)(C(C)C)C(C)C. The summed E-state index contributed by atoms with van der Waals surface area (Å²) < 4.78 is 16.7. The molecule has 0 atom stereocenters. The first kappa shape index (κ1) is 24.7. The summed E-state index contributed by atoms with van der Waals surface area (Å²) in [6, 6.07) is 13.5. The van der Waals surface area contributed by atoms with Gasteiger partial charge in [-0.15, -0.1) is 5.54 Å². The van der Waals surface area contributed by atoms with Gasteiger partial charge in [0.05, 0.1) is 6.54 Å². The van der Waals surface area contributed by atoms with Crippen LogP contribution in [0.2, 0.25) is 16.6 Å². The van der Waals surface area contributed by atoms with Gasteiger partial charge in [-0.1, -0.05) is 77.8 Å². The molecule has 0 spiro atoms. The topological polar surface area (TPSA) is 56.8 Å². The fourth-order valence-electron chi connectivity index (χ4n) is 4.87. The average molecular weight is 466 g/mol. The minimum absolute atomic E-state index is 0.167. The van der Waals surface area contributed by atoms with Gasteiger partial charge in [0.15, 0.2) is 11.5 Å². The highest BCUT2D eigenvalue weighted by atomic mass is 28.3. The van der Waals surface area contributed by atoms with Crippen LogP contribution in [0.25, 0.3) is 0 Å². The van der Waals surface area contributed by atoms with Crippen molar-refractivity contribution in [1.29, 1.82) is 0 Å². The fraction of sp³-hybridized carbons (Fsp3) is 0.444. The Balaban J connectivity index is 1.83. The van der Waals surface area contributed by atoms with Crippen LogP contribution in [0, 0.1) is 11.5 Å². The second-order valence-electron chi connectivity index (χ2n) is 9.39. The molecule has 0 aromatic heterocycles. The van der Waals surface area contributed by atoms with Crippen LogP contribution in [-0.4, -0.2) is 21.0 Å². The predicted octanol–water partition coefficient (Wildman–Crippen LogP) is 6.41. The summed E-state index contributed by atoms with van der Waals surface area (Å²) >= 11 is 0. The van der Waals surface area contributed by atoms with Gasteiger partial charge in [-0.05, 0) is 34.3 Å². The molecule has 0 saturated heterocycles. The molecule has 2 aromatic rings. The number of fused-ring (bicyclic) bond motifs is 1. The highest BCUT2D eigenvalue weighted by Crippen LogP contribution is 2.41. The zero-order valence-electron chi connectivity index (χ0n) is 20.5. The van der Waals surface area contributed by atoms with E-state index < -0.39 is 14.2 Å². The van der Waals surface area contributed by atoms with Crippen molar-refractivity contribution in [2.75, 3.05) is 6.79 Å². The van der Waals surface area contributed by atoms with Gasteiger partial charge >= 0.3 is 6.09 Å². The predicted molar refractivity (Wildman–Crippen MR) is 134 cm³/mol. The Morgan fingerprint density at radius 3 is 2.30 bits per heavy atom. The summed E-state index contributed by atoms with van der Waals surface area (Å²) in [6.07, 6.45) is -0.482. The number of ether oxygens (including phenoxy) is 3. The van der Waals surface area contributed by atoms with Crippen LogP contribution in [-0.2, 0) is 17.9 Å². The Bertz CT molecular complexity index is 1000. The lowest BCUT2D eigenvalue weighted by Crippen LogP contribution is -2.43. The Labute approximate surface area is 198 Å². The molecule has 0 radical (unpaired) electrons. The van der Waals surface area contributed by atoms with Gasteiger partial charge in [0.1, 0.15) is 14.7 Å². The van der Waals surface area contributed by atoms with E-state index in [1.165, 1.54) is 0 Å². The van der Waals surface area contributed by atoms with E-state index in [0.29, 0.717) is 28.1 Å². The Hall–Kier alpha value is -2.91. The number of alkyl carbamates (subject to hydrolysis) is 1. The van der Waals surface area contributed by atoms with Gasteiger partial charge in [0.25, 0.3) is 0 Å². The lowest BCUT2D eigenvalue weighted by atomic mass is 10.1. The van der Waals surface area contributed by atoms with Crippen LogP contribution < -0.4 is 14.8 Å². The summed E-state index contributed by atoms with van der Waals surface area (Å²) in [6.45, 7) is 14.4. The molecule has 1 aliphatic rings. The molecule has 0 unspecified atom stereocenters. The van der Waals surface area contributed by atoms with Crippen LogP contribution in [0.3, 0.4) is 0 Å². The Kier molecular flexibility index (Phi) is 8.09. The maximum absolute atomic E-state index is 12.4. The Morgan fingerprint density at radius 2 is 1.67 bits per heavy atom. The molecule has 1 amide bonds. The molecule has 1 heterocycles. The third-order valence-corrected chi connectivity index (χ3v) is 12.8. The van der Waals surface area contributed by atoms with Gasteiger partial charge < -0.3 is 19.5 Å². The van der Waals surface area contributed by atoms with E-state index in [-0.39, 0.29) is 19.9 Å².